The van der Waals surface area contributed by atoms with Crippen molar-refractivity contribution in [1.29, 1.82) is 0 Å². The van der Waals surface area contributed by atoms with Crippen LogP contribution in [-0.2, 0) is 9.16 Å². The summed E-state index contributed by atoms with van der Waals surface area (Å²) in [6.45, 7) is 11.9. The molecule has 0 aliphatic heterocycles. The van der Waals surface area contributed by atoms with Crippen LogP contribution < -0.4 is 10.5 Å². The summed E-state index contributed by atoms with van der Waals surface area (Å²) in [7, 11) is -0.437. The summed E-state index contributed by atoms with van der Waals surface area (Å²) >= 11 is 0. The Morgan fingerprint density at radius 1 is 1.23 bits per heavy atom. The molecule has 5 nitrogen and oxygen atoms in total. The van der Waals surface area contributed by atoms with Crippen LogP contribution in [0.3, 0.4) is 0 Å². The molecule has 0 aliphatic rings. The largest absolute Gasteiger partial charge is 0.489 e. The molecule has 0 saturated carbocycles. The average Bonchev–Trinajstić information content (AvgIpc) is 2.43. The zero-order valence-electron chi connectivity index (χ0n) is 14.4. The number of carbonyl (C=O) groups is 1. The normalized spacial score (nSPS) is 12.1. The Balaban J connectivity index is 2.60. The van der Waals surface area contributed by atoms with E-state index in [1.807, 2.05) is 0 Å². The van der Waals surface area contributed by atoms with E-state index in [9.17, 15) is 4.79 Å². The van der Waals surface area contributed by atoms with E-state index < -0.39 is 14.3 Å². The van der Waals surface area contributed by atoms with Crippen LogP contribution in [0.1, 0.15) is 31.1 Å². The monoisotopic (exact) mass is 325 g/mol. The van der Waals surface area contributed by atoms with Crippen molar-refractivity contribution >= 4 is 20.0 Å². The van der Waals surface area contributed by atoms with Gasteiger partial charge in [-0.25, -0.2) is 4.79 Å². The second-order valence-corrected chi connectivity index (χ2v) is 11.5. The quantitative estimate of drug-likeness (QED) is 0.375. The first kappa shape index (κ1) is 18.5. The number of carbonyl (C=O) groups excluding carboxylic acids is 1. The summed E-state index contributed by atoms with van der Waals surface area (Å²) < 4.78 is 16.4. The maximum atomic E-state index is 11.5. The highest BCUT2D eigenvalue weighted by molar-refractivity contribution is 6.74. The van der Waals surface area contributed by atoms with E-state index in [-0.39, 0.29) is 5.04 Å². The van der Waals surface area contributed by atoms with Gasteiger partial charge in [-0.1, -0.05) is 20.8 Å². The fraction of sp³-hybridized carbons (Fsp3) is 0.562. The van der Waals surface area contributed by atoms with Gasteiger partial charge in [0.05, 0.1) is 25.0 Å². The minimum atomic E-state index is -1.78. The zero-order valence-corrected chi connectivity index (χ0v) is 15.4. The Kier molecular flexibility index (Phi) is 6.02. The highest BCUT2D eigenvalue weighted by Crippen LogP contribution is 2.36. The van der Waals surface area contributed by atoms with Crippen LogP contribution in [0.25, 0.3) is 0 Å². The molecule has 0 spiro atoms. The molecule has 2 N–H and O–H groups in total. The number of benzene rings is 1. The first-order chi connectivity index (χ1) is 10.1. The molecule has 0 heterocycles. The first-order valence-corrected chi connectivity index (χ1v) is 10.2. The van der Waals surface area contributed by atoms with Crippen molar-refractivity contribution in [1.82, 2.24) is 0 Å². The van der Waals surface area contributed by atoms with Crippen molar-refractivity contribution in [3.8, 4) is 5.75 Å². The van der Waals surface area contributed by atoms with E-state index in [4.69, 9.17) is 14.9 Å². The van der Waals surface area contributed by atoms with Gasteiger partial charge in [0.15, 0.2) is 8.32 Å². The summed E-state index contributed by atoms with van der Waals surface area (Å²) in [5.74, 6) is 0.0594. The maximum Gasteiger partial charge on any atom is 0.337 e. The molecule has 124 valence electrons. The minimum absolute atomic E-state index is 0.164. The van der Waals surface area contributed by atoms with Gasteiger partial charge < -0.3 is 19.6 Å². The first-order valence-electron chi connectivity index (χ1n) is 7.33. The highest BCUT2D eigenvalue weighted by atomic mass is 28.4. The predicted molar refractivity (Wildman–Crippen MR) is 90.8 cm³/mol. The van der Waals surface area contributed by atoms with Crippen LogP contribution in [-0.4, -0.2) is 34.6 Å². The molecule has 0 bridgehead atoms. The summed E-state index contributed by atoms with van der Waals surface area (Å²) in [5, 5.41) is 0.164. The summed E-state index contributed by atoms with van der Waals surface area (Å²) in [4.78, 5) is 11.5. The van der Waals surface area contributed by atoms with Crippen LogP contribution in [0.15, 0.2) is 18.2 Å². The number of nitrogens with two attached hydrogens (primary N) is 1. The molecular formula is C16H27NO4Si. The van der Waals surface area contributed by atoms with Gasteiger partial charge in [-0.15, -0.1) is 0 Å². The molecule has 0 fully saturated rings. The number of rotatable bonds is 6. The fourth-order valence-electron chi connectivity index (χ4n) is 1.57. The summed E-state index contributed by atoms with van der Waals surface area (Å²) in [6.07, 6.45) is 0. The number of esters is 1. The van der Waals surface area contributed by atoms with Gasteiger partial charge in [0.2, 0.25) is 0 Å². The maximum absolute atomic E-state index is 11.5. The standard InChI is InChI=1S/C16H27NO4Si/c1-16(2,3)22(5,6)21-10-9-20-14-11-12(15(18)19-4)7-8-13(14)17/h7-8,11H,9-10,17H2,1-6H3. The smallest absolute Gasteiger partial charge is 0.337 e. The lowest BCUT2D eigenvalue weighted by Crippen LogP contribution is -2.41. The lowest BCUT2D eigenvalue weighted by molar-refractivity contribution is 0.0600. The molecule has 0 aromatic heterocycles. The molecule has 0 atom stereocenters. The lowest BCUT2D eigenvalue weighted by Gasteiger charge is -2.36. The molecule has 0 unspecified atom stereocenters. The van der Waals surface area contributed by atoms with Crippen molar-refractivity contribution < 1.29 is 18.7 Å². The Morgan fingerprint density at radius 2 is 1.86 bits per heavy atom. The second kappa shape index (κ2) is 7.15. The molecule has 0 saturated heterocycles. The minimum Gasteiger partial charge on any atom is -0.489 e. The number of methoxy groups -OCH3 is 1. The molecule has 0 aliphatic carbocycles. The number of hydrogen-bond acceptors (Lipinski definition) is 5. The SMILES string of the molecule is COC(=O)c1ccc(N)c(OCCO[Si](C)(C)C(C)(C)C)c1. The van der Waals surface area contributed by atoms with Crippen LogP contribution >= 0.6 is 0 Å². The Labute approximate surface area is 133 Å². The van der Waals surface area contributed by atoms with Gasteiger partial charge in [0.25, 0.3) is 0 Å². The van der Waals surface area contributed by atoms with E-state index in [0.29, 0.717) is 30.2 Å². The van der Waals surface area contributed by atoms with Crippen LogP contribution in [0.4, 0.5) is 5.69 Å². The number of hydrogen-bond donors (Lipinski definition) is 1. The Morgan fingerprint density at radius 3 is 2.41 bits per heavy atom. The van der Waals surface area contributed by atoms with Crippen molar-refractivity contribution in [2.45, 2.75) is 38.9 Å². The summed E-state index contributed by atoms with van der Waals surface area (Å²) in [5.41, 5.74) is 6.76. The Hall–Kier alpha value is -1.53. The van der Waals surface area contributed by atoms with E-state index in [1.165, 1.54) is 7.11 Å². The molecule has 1 aromatic carbocycles. The van der Waals surface area contributed by atoms with Gasteiger partial charge in [-0.2, -0.15) is 0 Å². The fourth-order valence-corrected chi connectivity index (χ4v) is 2.60. The average molecular weight is 325 g/mol. The number of anilines is 1. The third-order valence-electron chi connectivity index (χ3n) is 4.04. The third-order valence-corrected chi connectivity index (χ3v) is 8.58. The van der Waals surface area contributed by atoms with E-state index in [1.54, 1.807) is 18.2 Å². The van der Waals surface area contributed by atoms with Gasteiger partial charge in [-0.05, 0) is 36.3 Å². The van der Waals surface area contributed by atoms with Gasteiger partial charge >= 0.3 is 5.97 Å². The molecule has 1 aromatic rings. The van der Waals surface area contributed by atoms with E-state index >= 15 is 0 Å². The van der Waals surface area contributed by atoms with Crippen LogP contribution in [0, 0.1) is 0 Å². The molecule has 22 heavy (non-hydrogen) atoms. The van der Waals surface area contributed by atoms with Crippen LogP contribution in [0.2, 0.25) is 18.1 Å². The third kappa shape index (κ3) is 4.74. The van der Waals surface area contributed by atoms with Crippen molar-refractivity contribution in [2.75, 3.05) is 26.1 Å². The van der Waals surface area contributed by atoms with Crippen molar-refractivity contribution in [2.24, 2.45) is 0 Å². The molecule has 0 amide bonds. The molecule has 0 radical (unpaired) electrons. The van der Waals surface area contributed by atoms with Crippen molar-refractivity contribution in [3.63, 3.8) is 0 Å². The van der Waals surface area contributed by atoms with Crippen LogP contribution in [0.5, 0.6) is 5.75 Å². The van der Waals surface area contributed by atoms with E-state index in [2.05, 4.69) is 38.6 Å². The number of nitrogen functional groups attached to an aromatic ring is 1. The van der Waals surface area contributed by atoms with Crippen molar-refractivity contribution in [3.05, 3.63) is 23.8 Å². The second-order valence-electron chi connectivity index (χ2n) is 6.70. The molecule has 1 rings (SSSR count). The molecule has 6 heteroatoms. The summed E-state index contributed by atoms with van der Waals surface area (Å²) in [6, 6.07) is 4.84. The highest BCUT2D eigenvalue weighted by Gasteiger charge is 2.36. The van der Waals surface area contributed by atoms with Gasteiger partial charge in [0, 0.05) is 0 Å². The zero-order chi connectivity index (χ0) is 17.0. The van der Waals surface area contributed by atoms with E-state index in [0.717, 1.165) is 0 Å². The Bertz CT molecular complexity index is 523. The topological polar surface area (TPSA) is 70.8 Å². The lowest BCUT2D eigenvalue weighted by atomic mass is 10.2. The number of ether oxygens (including phenoxy) is 2. The van der Waals surface area contributed by atoms with Gasteiger partial charge in [0.1, 0.15) is 12.4 Å². The predicted octanol–water partition coefficient (Wildman–Crippen LogP) is 3.46. The molecular weight excluding hydrogens is 298 g/mol. The van der Waals surface area contributed by atoms with Gasteiger partial charge in [-0.3, -0.25) is 0 Å².